The van der Waals surface area contributed by atoms with Crippen LogP contribution in [-0.2, 0) is 14.3 Å². The number of esters is 1. The molecule has 7 nitrogen and oxygen atoms in total. The number of aryl methyl sites for hydroxylation is 1. The molecule has 0 bridgehead atoms. The number of aromatic amines is 1. The predicted octanol–water partition coefficient (Wildman–Crippen LogP) is 0.474. The van der Waals surface area contributed by atoms with Crippen molar-refractivity contribution in [3.05, 3.63) is 32.6 Å². The van der Waals surface area contributed by atoms with Gasteiger partial charge in [0.1, 0.15) is 12.3 Å². The zero-order chi connectivity index (χ0) is 14.9. The summed E-state index contributed by atoms with van der Waals surface area (Å²) in [4.78, 5) is 37.5. The van der Waals surface area contributed by atoms with Gasteiger partial charge in [0, 0.05) is 25.1 Å². The van der Waals surface area contributed by atoms with Crippen molar-refractivity contribution in [2.24, 2.45) is 0 Å². The summed E-state index contributed by atoms with van der Waals surface area (Å²) < 4.78 is 11.9. The standard InChI is InChI=1S/C13H18N2O5/c1-4-9-10(19-8(3)16)6-12(20-9)15-11(17)5-7(2)14-13(15)18/h5,9-10,12H,4,6H2,1-3H3,(H,14,18)/t9-,10?,12-/m1/s1. The van der Waals surface area contributed by atoms with Crippen LogP contribution in [0.25, 0.3) is 0 Å². The second-order valence-corrected chi connectivity index (χ2v) is 4.89. The summed E-state index contributed by atoms with van der Waals surface area (Å²) in [6.45, 7) is 4.86. The van der Waals surface area contributed by atoms with E-state index in [2.05, 4.69) is 4.98 Å². The third-order valence-electron chi connectivity index (χ3n) is 3.29. The average molecular weight is 282 g/mol. The van der Waals surface area contributed by atoms with Crippen LogP contribution in [0, 0.1) is 6.92 Å². The number of rotatable bonds is 3. The Hall–Kier alpha value is -1.89. The maximum absolute atomic E-state index is 11.9. The normalized spacial score (nSPS) is 25.6. The molecule has 0 spiro atoms. The van der Waals surface area contributed by atoms with E-state index in [1.807, 2.05) is 6.92 Å². The van der Waals surface area contributed by atoms with Gasteiger partial charge in [0.15, 0.2) is 0 Å². The zero-order valence-corrected chi connectivity index (χ0v) is 11.7. The fraction of sp³-hybridized carbons (Fsp3) is 0.615. The molecular formula is C13H18N2O5. The van der Waals surface area contributed by atoms with Crippen molar-refractivity contribution in [2.75, 3.05) is 0 Å². The van der Waals surface area contributed by atoms with E-state index in [0.717, 1.165) is 4.57 Å². The highest BCUT2D eigenvalue weighted by Gasteiger charge is 2.38. The first kappa shape index (κ1) is 14.5. The molecule has 0 amide bonds. The van der Waals surface area contributed by atoms with Crippen LogP contribution in [0.2, 0.25) is 0 Å². The van der Waals surface area contributed by atoms with E-state index in [9.17, 15) is 14.4 Å². The number of ether oxygens (including phenoxy) is 2. The minimum Gasteiger partial charge on any atom is -0.460 e. The lowest BCUT2D eigenvalue weighted by atomic mass is 10.1. The van der Waals surface area contributed by atoms with Crippen LogP contribution in [0.4, 0.5) is 0 Å². The van der Waals surface area contributed by atoms with Crippen molar-refractivity contribution in [2.45, 2.75) is 52.0 Å². The highest BCUT2D eigenvalue weighted by molar-refractivity contribution is 5.66. The molecule has 110 valence electrons. The number of H-pyrrole nitrogens is 1. The summed E-state index contributed by atoms with van der Waals surface area (Å²) in [5.41, 5.74) is -0.439. The number of aromatic nitrogens is 2. The summed E-state index contributed by atoms with van der Waals surface area (Å²) in [5.74, 6) is -0.400. The Morgan fingerprint density at radius 1 is 1.55 bits per heavy atom. The van der Waals surface area contributed by atoms with Gasteiger partial charge >= 0.3 is 11.7 Å². The molecule has 0 aromatic carbocycles. The molecule has 1 unspecified atom stereocenters. The molecule has 0 saturated carbocycles. The summed E-state index contributed by atoms with van der Waals surface area (Å²) >= 11 is 0. The third kappa shape index (κ3) is 2.82. The van der Waals surface area contributed by atoms with Gasteiger partial charge < -0.3 is 14.5 Å². The average Bonchev–Trinajstić information content (AvgIpc) is 2.69. The topological polar surface area (TPSA) is 90.4 Å². The number of carbonyl (C=O) groups excluding carboxylic acids is 1. The number of nitrogens with zero attached hydrogens (tertiary/aromatic N) is 1. The van der Waals surface area contributed by atoms with Crippen LogP contribution in [0.1, 0.15) is 38.6 Å². The monoisotopic (exact) mass is 282 g/mol. The molecule has 0 radical (unpaired) electrons. The highest BCUT2D eigenvalue weighted by atomic mass is 16.6. The molecule has 20 heavy (non-hydrogen) atoms. The van der Waals surface area contributed by atoms with E-state index in [0.29, 0.717) is 18.5 Å². The minimum absolute atomic E-state index is 0.296. The maximum Gasteiger partial charge on any atom is 0.330 e. The SMILES string of the molecule is CC[C@H]1O[C@@H](n2c(=O)cc(C)[nH]c2=O)CC1OC(C)=O. The Balaban J connectivity index is 2.30. The molecule has 1 N–H and O–H groups in total. The second-order valence-electron chi connectivity index (χ2n) is 4.89. The van der Waals surface area contributed by atoms with Gasteiger partial charge in [0.2, 0.25) is 0 Å². The number of carbonyl (C=O) groups is 1. The smallest absolute Gasteiger partial charge is 0.330 e. The van der Waals surface area contributed by atoms with Gasteiger partial charge in [0.25, 0.3) is 5.56 Å². The Kier molecular flexibility index (Phi) is 4.08. The Labute approximate surface area is 115 Å². The van der Waals surface area contributed by atoms with Gasteiger partial charge in [-0.1, -0.05) is 6.92 Å². The highest BCUT2D eigenvalue weighted by Crippen LogP contribution is 2.30. The quantitative estimate of drug-likeness (QED) is 0.814. The molecule has 1 saturated heterocycles. The van der Waals surface area contributed by atoms with Crippen LogP contribution in [-0.4, -0.2) is 27.7 Å². The largest absolute Gasteiger partial charge is 0.460 e. The van der Waals surface area contributed by atoms with Crippen LogP contribution >= 0.6 is 0 Å². The Bertz CT molecular complexity index is 587. The van der Waals surface area contributed by atoms with Crippen molar-refractivity contribution in [3.8, 4) is 0 Å². The van der Waals surface area contributed by atoms with E-state index in [-0.39, 0.29) is 6.10 Å². The molecule has 0 aliphatic carbocycles. The lowest BCUT2D eigenvalue weighted by Gasteiger charge is -2.15. The van der Waals surface area contributed by atoms with Crippen molar-refractivity contribution in [1.29, 1.82) is 0 Å². The lowest BCUT2D eigenvalue weighted by molar-refractivity contribution is -0.149. The van der Waals surface area contributed by atoms with Gasteiger partial charge in [0.05, 0.1) is 6.10 Å². The van der Waals surface area contributed by atoms with E-state index in [1.165, 1.54) is 13.0 Å². The van der Waals surface area contributed by atoms with Crippen molar-refractivity contribution < 1.29 is 14.3 Å². The first-order valence-corrected chi connectivity index (χ1v) is 6.57. The number of hydrogen-bond acceptors (Lipinski definition) is 5. The molecule has 1 aliphatic heterocycles. The molecule has 1 fully saturated rings. The third-order valence-corrected chi connectivity index (χ3v) is 3.29. The van der Waals surface area contributed by atoms with E-state index in [4.69, 9.17) is 9.47 Å². The molecule has 7 heteroatoms. The van der Waals surface area contributed by atoms with Crippen LogP contribution < -0.4 is 11.2 Å². The van der Waals surface area contributed by atoms with E-state index in [1.54, 1.807) is 6.92 Å². The van der Waals surface area contributed by atoms with E-state index < -0.39 is 29.6 Å². The van der Waals surface area contributed by atoms with Crippen molar-refractivity contribution in [3.63, 3.8) is 0 Å². The molecule has 2 rings (SSSR count). The first-order chi connectivity index (χ1) is 9.42. The zero-order valence-electron chi connectivity index (χ0n) is 11.7. The summed E-state index contributed by atoms with van der Waals surface area (Å²) in [5, 5.41) is 0. The lowest BCUT2D eigenvalue weighted by Crippen LogP contribution is -2.38. The van der Waals surface area contributed by atoms with Crippen LogP contribution in [0.3, 0.4) is 0 Å². The van der Waals surface area contributed by atoms with E-state index >= 15 is 0 Å². The van der Waals surface area contributed by atoms with Crippen LogP contribution in [0.15, 0.2) is 15.7 Å². The molecular weight excluding hydrogens is 264 g/mol. The Morgan fingerprint density at radius 2 is 2.25 bits per heavy atom. The summed E-state index contributed by atoms with van der Waals surface area (Å²) in [6.07, 6.45) is -0.523. The second kappa shape index (κ2) is 5.62. The predicted molar refractivity (Wildman–Crippen MR) is 70.4 cm³/mol. The van der Waals surface area contributed by atoms with Gasteiger partial charge in [-0.3, -0.25) is 9.59 Å². The van der Waals surface area contributed by atoms with Gasteiger partial charge in [-0.15, -0.1) is 0 Å². The molecule has 3 atom stereocenters. The van der Waals surface area contributed by atoms with Crippen LogP contribution in [0.5, 0.6) is 0 Å². The fourth-order valence-electron chi connectivity index (χ4n) is 2.45. The number of hydrogen-bond donors (Lipinski definition) is 1. The first-order valence-electron chi connectivity index (χ1n) is 6.57. The van der Waals surface area contributed by atoms with Crippen molar-refractivity contribution >= 4 is 5.97 Å². The molecule has 1 aromatic heterocycles. The summed E-state index contributed by atoms with van der Waals surface area (Å²) in [6, 6.07) is 1.34. The minimum atomic E-state index is -0.707. The Morgan fingerprint density at radius 3 is 2.80 bits per heavy atom. The molecule has 1 aliphatic rings. The van der Waals surface area contributed by atoms with Gasteiger partial charge in [-0.2, -0.15) is 0 Å². The maximum atomic E-state index is 11.9. The van der Waals surface area contributed by atoms with Gasteiger partial charge in [-0.25, -0.2) is 9.36 Å². The summed E-state index contributed by atoms with van der Waals surface area (Å²) in [7, 11) is 0. The van der Waals surface area contributed by atoms with Crippen molar-refractivity contribution in [1.82, 2.24) is 9.55 Å². The number of nitrogens with one attached hydrogen (secondary N) is 1. The fourth-order valence-corrected chi connectivity index (χ4v) is 2.45. The molecule has 2 heterocycles. The molecule has 1 aromatic rings. The van der Waals surface area contributed by atoms with Gasteiger partial charge in [-0.05, 0) is 13.3 Å².